The van der Waals surface area contributed by atoms with E-state index in [4.69, 9.17) is 0 Å². The molecule has 0 bridgehead atoms. The highest BCUT2D eigenvalue weighted by molar-refractivity contribution is 5.99. The minimum atomic E-state index is -1.02. The maximum absolute atomic E-state index is 10.8. The summed E-state index contributed by atoms with van der Waals surface area (Å²) in [5.74, 6) is 0. The van der Waals surface area contributed by atoms with Gasteiger partial charge in [0, 0.05) is 35.1 Å². The Morgan fingerprint density at radius 2 is 1.89 bits per heavy atom. The molecule has 2 aromatic heterocycles. The Bertz CT molecular complexity index is 809. The normalized spacial score (nSPS) is 20.3. The molecule has 0 amide bonds. The second-order valence-electron chi connectivity index (χ2n) is 5.06. The molecule has 92 valence electrons. The molecule has 0 spiro atoms. The number of para-hydroxylation sites is 1. The van der Waals surface area contributed by atoms with E-state index in [0.717, 1.165) is 33.2 Å². The van der Waals surface area contributed by atoms with Crippen molar-refractivity contribution in [3.63, 3.8) is 0 Å². The molecule has 3 aromatic rings. The molecule has 1 aliphatic rings. The standard InChI is InChI=1S/C16H12N2O/c1-16(19)12-8-17-7-6-10(12)15-11-4-2-3-5-14(11)18-9-13(15)16/h2-9,19H,1H3. The van der Waals surface area contributed by atoms with Crippen molar-refractivity contribution in [1.82, 2.24) is 9.97 Å². The van der Waals surface area contributed by atoms with Gasteiger partial charge in [0.05, 0.1) is 5.52 Å². The number of nitrogens with zero attached hydrogens (tertiary/aromatic N) is 2. The molecular formula is C16H12N2O. The summed E-state index contributed by atoms with van der Waals surface area (Å²) in [6.45, 7) is 1.80. The largest absolute Gasteiger partial charge is 0.381 e. The highest BCUT2D eigenvalue weighted by Gasteiger charge is 2.39. The molecule has 4 rings (SSSR count). The van der Waals surface area contributed by atoms with Crippen LogP contribution in [0.4, 0.5) is 0 Å². The Morgan fingerprint density at radius 3 is 2.79 bits per heavy atom. The molecule has 3 nitrogen and oxygen atoms in total. The number of aromatic nitrogens is 2. The van der Waals surface area contributed by atoms with E-state index in [1.54, 1.807) is 25.5 Å². The summed E-state index contributed by atoms with van der Waals surface area (Å²) in [6, 6.07) is 9.97. The molecule has 2 heterocycles. The quantitative estimate of drug-likeness (QED) is 0.665. The van der Waals surface area contributed by atoms with Crippen molar-refractivity contribution in [3.8, 4) is 11.1 Å². The molecule has 1 aromatic carbocycles. The van der Waals surface area contributed by atoms with Crippen LogP contribution in [0, 0.1) is 0 Å². The maximum Gasteiger partial charge on any atom is 0.116 e. The Hall–Kier alpha value is -2.26. The molecule has 3 heteroatoms. The molecule has 0 saturated carbocycles. The van der Waals surface area contributed by atoms with E-state index < -0.39 is 5.60 Å². The summed E-state index contributed by atoms with van der Waals surface area (Å²) in [4.78, 5) is 8.59. The van der Waals surface area contributed by atoms with E-state index >= 15 is 0 Å². The number of benzene rings is 1. The van der Waals surface area contributed by atoms with Crippen molar-refractivity contribution in [2.24, 2.45) is 0 Å². The van der Waals surface area contributed by atoms with E-state index in [2.05, 4.69) is 9.97 Å². The second kappa shape index (κ2) is 3.39. The first kappa shape index (κ1) is 10.6. The van der Waals surface area contributed by atoms with Crippen molar-refractivity contribution < 1.29 is 5.11 Å². The zero-order valence-corrected chi connectivity index (χ0v) is 10.5. The predicted molar refractivity (Wildman–Crippen MR) is 73.6 cm³/mol. The smallest absolute Gasteiger partial charge is 0.116 e. The number of hydrogen-bond donors (Lipinski definition) is 1. The van der Waals surface area contributed by atoms with Crippen molar-refractivity contribution >= 4 is 10.9 Å². The predicted octanol–water partition coefficient (Wildman–Crippen LogP) is 2.87. The molecule has 1 atom stereocenters. The maximum atomic E-state index is 10.8. The first-order chi connectivity index (χ1) is 9.19. The number of fused-ring (bicyclic) bond motifs is 5. The lowest BCUT2D eigenvalue weighted by Gasteiger charge is -2.19. The second-order valence-corrected chi connectivity index (χ2v) is 5.06. The van der Waals surface area contributed by atoms with Crippen LogP contribution in [0.5, 0.6) is 0 Å². The number of hydrogen-bond acceptors (Lipinski definition) is 3. The Morgan fingerprint density at radius 1 is 1.05 bits per heavy atom. The van der Waals surface area contributed by atoms with Gasteiger partial charge in [0.1, 0.15) is 5.60 Å². The molecule has 0 aliphatic heterocycles. The Kier molecular flexibility index (Phi) is 1.90. The molecule has 19 heavy (non-hydrogen) atoms. The summed E-state index contributed by atoms with van der Waals surface area (Å²) < 4.78 is 0. The average Bonchev–Trinajstić information content (AvgIpc) is 2.68. The monoisotopic (exact) mass is 248 g/mol. The van der Waals surface area contributed by atoms with Gasteiger partial charge in [-0.1, -0.05) is 18.2 Å². The lowest BCUT2D eigenvalue weighted by molar-refractivity contribution is 0.107. The van der Waals surface area contributed by atoms with E-state index in [1.807, 2.05) is 30.3 Å². The molecule has 0 fully saturated rings. The van der Waals surface area contributed by atoms with Gasteiger partial charge in [-0.25, -0.2) is 0 Å². The Balaban J connectivity index is 2.22. The highest BCUT2D eigenvalue weighted by atomic mass is 16.3. The van der Waals surface area contributed by atoms with Crippen LogP contribution in [0.25, 0.3) is 22.0 Å². The van der Waals surface area contributed by atoms with Gasteiger partial charge in [-0.2, -0.15) is 0 Å². The van der Waals surface area contributed by atoms with E-state index in [0.29, 0.717) is 0 Å². The van der Waals surface area contributed by atoms with Crippen LogP contribution >= 0.6 is 0 Å². The van der Waals surface area contributed by atoms with Crippen LogP contribution in [0.15, 0.2) is 48.9 Å². The van der Waals surface area contributed by atoms with E-state index in [9.17, 15) is 5.11 Å². The lowest BCUT2D eigenvalue weighted by atomic mass is 9.95. The van der Waals surface area contributed by atoms with Gasteiger partial charge in [-0.3, -0.25) is 9.97 Å². The van der Waals surface area contributed by atoms with Crippen molar-refractivity contribution in [3.05, 3.63) is 60.0 Å². The summed E-state index contributed by atoms with van der Waals surface area (Å²) >= 11 is 0. The summed E-state index contributed by atoms with van der Waals surface area (Å²) in [7, 11) is 0. The highest BCUT2D eigenvalue weighted by Crippen LogP contribution is 2.48. The van der Waals surface area contributed by atoms with Gasteiger partial charge >= 0.3 is 0 Å². The van der Waals surface area contributed by atoms with Crippen LogP contribution in [0.2, 0.25) is 0 Å². The first-order valence-electron chi connectivity index (χ1n) is 6.25. The number of aliphatic hydroxyl groups is 1. The third-order valence-corrected chi connectivity index (χ3v) is 3.91. The average molecular weight is 248 g/mol. The van der Waals surface area contributed by atoms with E-state index in [-0.39, 0.29) is 0 Å². The molecule has 1 unspecified atom stereocenters. The Labute approximate surface area is 110 Å². The molecule has 1 N–H and O–H groups in total. The van der Waals surface area contributed by atoms with Gasteiger partial charge < -0.3 is 5.11 Å². The topological polar surface area (TPSA) is 46.0 Å². The third-order valence-electron chi connectivity index (χ3n) is 3.91. The zero-order chi connectivity index (χ0) is 13.0. The molecular weight excluding hydrogens is 236 g/mol. The number of pyridine rings is 2. The van der Waals surface area contributed by atoms with Gasteiger partial charge in [-0.05, 0) is 30.2 Å². The summed E-state index contributed by atoms with van der Waals surface area (Å²) in [5, 5.41) is 11.9. The van der Waals surface area contributed by atoms with Crippen LogP contribution in [-0.4, -0.2) is 15.1 Å². The fourth-order valence-electron chi connectivity index (χ4n) is 2.95. The van der Waals surface area contributed by atoms with Crippen molar-refractivity contribution in [1.29, 1.82) is 0 Å². The van der Waals surface area contributed by atoms with Gasteiger partial charge in [0.15, 0.2) is 0 Å². The lowest BCUT2D eigenvalue weighted by Crippen LogP contribution is -2.19. The fraction of sp³-hybridized carbons (Fsp3) is 0.125. The summed E-state index contributed by atoms with van der Waals surface area (Å²) in [5.41, 5.74) is 3.76. The minimum absolute atomic E-state index is 0.850. The first-order valence-corrected chi connectivity index (χ1v) is 6.25. The van der Waals surface area contributed by atoms with E-state index in [1.165, 1.54) is 0 Å². The summed E-state index contributed by atoms with van der Waals surface area (Å²) in [6.07, 6.45) is 5.28. The third kappa shape index (κ3) is 1.25. The van der Waals surface area contributed by atoms with Gasteiger partial charge in [-0.15, -0.1) is 0 Å². The van der Waals surface area contributed by atoms with Crippen LogP contribution in [0.3, 0.4) is 0 Å². The van der Waals surface area contributed by atoms with Gasteiger partial charge in [0.25, 0.3) is 0 Å². The van der Waals surface area contributed by atoms with Crippen LogP contribution in [0.1, 0.15) is 18.1 Å². The molecule has 1 aliphatic carbocycles. The SMILES string of the molecule is CC1(O)c2cnccc2-c2c1cnc1ccccc21. The number of rotatable bonds is 0. The molecule has 0 saturated heterocycles. The van der Waals surface area contributed by atoms with Crippen molar-refractivity contribution in [2.75, 3.05) is 0 Å². The van der Waals surface area contributed by atoms with Gasteiger partial charge in [0.2, 0.25) is 0 Å². The van der Waals surface area contributed by atoms with Crippen LogP contribution < -0.4 is 0 Å². The fourth-order valence-corrected chi connectivity index (χ4v) is 2.95. The van der Waals surface area contributed by atoms with Crippen molar-refractivity contribution in [2.45, 2.75) is 12.5 Å². The molecule has 0 radical (unpaired) electrons. The van der Waals surface area contributed by atoms with Crippen LogP contribution in [-0.2, 0) is 5.60 Å². The zero-order valence-electron chi connectivity index (χ0n) is 10.5. The minimum Gasteiger partial charge on any atom is -0.381 e.